The van der Waals surface area contributed by atoms with Crippen molar-refractivity contribution in [3.8, 4) is 0 Å². The van der Waals surface area contributed by atoms with Gasteiger partial charge in [-0.05, 0) is 68.6 Å². The van der Waals surface area contributed by atoms with Gasteiger partial charge in [0.25, 0.3) is 5.91 Å². The highest BCUT2D eigenvalue weighted by Crippen LogP contribution is 2.26. The Labute approximate surface area is 202 Å². The first-order valence-electron chi connectivity index (χ1n) is 11.1. The van der Waals surface area contributed by atoms with E-state index in [-0.39, 0.29) is 30.3 Å². The molecule has 2 aromatic rings. The van der Waals surface area contributed by atoms with E-state index in [0.29, 0.717) is 39.9 Å². The molecule has 0 radical (unpaired) electrons. The number of piperidine rings is 1. The maximum atomic E-state index is 12.9. The summed E-state index contributed by atoms with van der Waals surface area (Å²) in [6.07, 6.45) is 4.52. The van der Waals surface area contributed by atoms with Crippen molar-refractivity contribution in [2.45, 2.75) is 44.2 Å². The van der Waals surface area contributed by atoms with Crippen molar-refractivity contribution in [3.05, 3.63) is 58.1 Å². The quantitative estimate of drug-likeness (QED) is 0.541. The molecule has 1 heterocycles. The minimum Gasteiger partial charge on any atom is -0.349 e. The van der Waals surface area contributed by atoms with Crippen molar-refractivity contribution >= 4 is 52.3 Å². The fourth-order valence-corrected chi connectivity index (χ4v) is 4.19. The molecule has 9 heteroatoms. The number of carbonyl (C=O) groups is 3. The molecular weight excluding hydrogens is 463 g/mol. The second kappa shape index (κ2) is 10.5. The van der Waals surface area contributed by atoms with Gasteiger partial charge in [-0.3, -0.25) is 19.3 Å². The van der Waals surface area contributed by atoms with Crippen LogP contribution >= 0.6 is 23.2 Å². The number of nitrogens with one attached hydrogen (secondary N) is 3. The first-order chi connectivity index (χ1) is 15.9. The lowest BCUT2D eigenvalue weighted by Crippen LogP contribution is -2.49. The molecular formula is C24H26Cl2N4O3. The molecule has 2 fully saturated rings. The lowest BCUT2D eigenvalue weighted by atomic mass is 10.0. The molecule has 0 aromatic heterocycles. The summed E-state index contributed by atoms with van der Waals surface area (Å²) in [6, 6.07) is 11.7. The summed E-state index contributed by atoms with van der Waals surface area (Å²) in [4.78, 5) is 39.8. The minimum atomic E-state index is -0.422. The first-order valence-corrected chi connectivity index (χ1v) is 11.9. The molecule has 1 aliphatic carbocycles. The molecule has 1 atom stereocenters. The van der Waals surface area contributed by atoms with Crippen LogP contribution in [0.1, 0.15) is 42.5 Å². The summed E-state index contributed by atoms with van der Waals surface area (Å²) in [5, 5.41) is 9.45. The van der Waals surface area contributed by atoms with Crippen molar-refractivity contribution in [3.63, 3.8) is 0 Å². The van der Waals surface area contributed by atoms with E-state index in [9.17, 15) is 14.4 Å². The van der Waals surface area contributed by atoms with Crippen LogP contribution < -0.4 is 16.0 Å². The van der Waals surface area contributed by atoms with Gasteiger partial charge in [0, 0.05) is 23.0 Å². The Bertz CT molecular complexity index is 1060. The molecule has 3 amide bonds. The van der Waals surface area contributed by atoms with Gasteiger partial charge in [0.1, 0.15) is 0 Å². The van der Waals surface area contributed by atoms with E-state index >= 15 is 0 Å². The van der Waals surface area contributed by atoms with E-state index in [1.54, 1.807) is 42.5 Å². The van der Waals surface area contributed by atoms with Crippen LogP contribution in [0.25, 0.3) is 0 Å². The molecule has 1 saturated heterocycles. The maximum Gasteiger partial charge on any atom is 0.251 e. The fourth-order valence-electron chi connectivity index (χ4n) is 3.90. The van der Waals surface area contributed by atoms with Crippen molar-refractivity contribution in [2.24, 2.45) is 0 Å². The predicted molar refractivity (Wildman–Crippen MR) is 130 cm³/mol. The zero-order valence-electron chi connectivity index (χ0n) is 18.1. The van der Waals surface area contributed by atoms with Crippen LogP contribution in [0.5, 0.6) is 0 Å². The van der Waals surface area contributed by atoms with Gasteiger partial charge in [0.05, 0.1) is 22.6 Å². The summed E-state index contributed by atoms with van der Waals surface area (Å²) >= 11 is 12.0. The van der Waals surface area contributed by atoms with Crippen LogP contribution in [-0.4, -0.2) is 47.8 Å². The lowest BCUT2D eigenvalue weighted by Gasteiger charge is -2.34. The highest BCUT2D eigenvalue weighted by Gasteiger charge is 2.30. The van der Waals surface area contributed by atoms with Crippen LogP contribution in [0.3, 0.4) is 0 Å². The number of carbonyl (C=O) groups excluding carboxylic acids is 3. The van der Waals surface area contributed by atoms with Crippen molar-refractivity contribution in [1.82, 2.24) is 10.2 Å². The molecule has 3 N–H and O–H groups in total. The SMILES string of the molecule is O=C(CN1CCCCC1C(=O)Nc1ccc(Cl)c(Cl)c1)Nc1cccc(C(=O)NC2CC2)c1. The second-order valence-corrected chi connectivity index (χ2v) is 9.29. The average Bonchev–Trinajstić information content (AvgIpc) is 3.61. The van der Waals surface area contributed by atoms with Crippen LogP contribution in [0.15, 0.2) is 42.5 Å². The Kier molecular flexibility index (Phi) is 7.53. The van der Waals surface area contributed by atoms with Gasteiger partial charge in [-0.2, -0.15) is 0 Å². The van der Waals surface area contributed by atoms with E-state index in [4.69, 9.17) is 23.2 Å². The summed E-state index contributed by atoms with van der Waals surface area (Å²) < 4.78 is 0. The van der Waals surface area contributed by atoms with E-state index in [1.807, 2.05) is 4.90 Å². The van der Waals surface area contributed by atoms with Crippen molar-refractivity contribution in [2.75, 3.05) is 23.7 Å². The molecule has 1 saturated carbocycles. The minimum absolute atomic E-state index is 0.0813. The molecule has 0 spiro atoms. The van der Waals surface area contributed by atoms with Gasteiger partial charge in [-0.1, -0.05) is 35.7 Å². The van der Waals surface area contributed by atoms with Crippen LogP contribution in [0.4, 0.5) is 11.4 Å². The highest BCUT2D eigenvalue weighted by atomic mass is 35.5. The van der Waals surface area contributed by atoms with Crippen LogP contribution in [0.2, 0.25) is 10.0 Å². The van der Waals surface area contributed by atoms with E-state index in [2.05, 4.69) is 16.0 Å². The number of hydrogen-bond acceptors (Lipinski definition) is 4. The number of hydrogen-bond donors (Lipinski definition) is 3. The maximum absolute atomic E-state index is 12.9. The number of rotatable bonds is 7. The van der Waals surface area contributed by atoms with E-state index in [1.165, 1.54) is 0 Å². The number of benzene rings is 2. The molecule has 33 heavy (non-hydrogen) atoms. The molecule has 1 aliphatic heterocycles. The Balaban J connectivity index is 1.36. The molecule has 1 unspecified atom stereocenters. The number of halogens is 2. The molecule has 2 aromatic carbocycles. The van der Waals surface area contributed by atoms with E-state index < -0.39 is 6.04 Å². The highest BCUT2D eigenvalue weighted by molar-refractivity contribution is 6.42. The number of likely N-dealkylation sites (tertiary alicyclic amines) is 1. The fraction of sp³-hybridized carbons (Fsp3) is 0.375. The lowest BCUT2D eigenvalue weighted by molar-refractivity contribution is -0.124. The Hall–Kier alpha value is -2.61. The van der Waals surface area contributed by atoms with Gasteiger partial charge >= 0.3 is 0 Å². The topological polar surface area (TPSA) is 90.5 Å². The van der Waals surface area contributed by atoms with Gasteiger partial charge < -0.3 is 16.0 Å². The molecule has 7 nitrogen and oxygen atoms in total. The summed E-state index contributed by atoms with van der Waals surface area (Å²) in [7, 11) is 0. The number of amides is 3. The van der Waals surface area contributed by atoms with Crippen molar-refractivity contribution in [1.29, 1.82) is 0 Å². The average molecular weight is 489 g/mol. The van der Waals surface area contributed by atoms with Crippen molar-refractivity contribution < 1.29 is 14.4 Å². The predicted octanol–water partition coefficient (Wildman–Crippen LogP) is 4.32. The number of nitrogens with zero attached hydrogens (tertiary/aromatic N) is 1. The van der Waals surface area contributed by atoms with E-state index in [0.717, 1.165) is 25.7 Å². The smallest absolute Gasteiger partial charge is 0.251 e. The molecule has 4 rings (SSSR count). The molecule has 2 aliphatic rings. The monoisotopic (exact) mass is 488 g/mol. The summed E-state index contributed by atoms with van der Waals surface area (Å²) in [6.45, 7) is 0.731. The Morgan fingerprint density at radius 3 is 2.45 bits per heavy atom. The summed E-state index contributed by atoms with van der Waals surface area (Å²) in [5.74, 6) is -0.549. The number of anilines is 2. The standard InChI is InChI=1S/C24H26Cl2N4O3/c25-19-10-9-18(13-20(19)26)29-24(33)21-6-1-2-11-30(21)14-22(31)27-17-5-3-4-15(12-17)23(32)28-16-7-8-16/h3-5,9-10,12-13,16,21H,1-2,6-8,11,14H2,(H,27,31)(H,28,32)(H,29,33). The summed E-state index contributed by atoms with van der Waals surface area (Å²) in [5.41, 5.74) is 1.62. The normalized spacial score (nSPS) is 18.4. The largest absolute Gasteiger partial charge is 0.349 e. The Morgan fingerprint density at radius 2 is 1.70 bits per heavy atom. The van der Waals surface area contributed by atoms with Gasteiger partial charge in [0.15, 0.2) is 0 Å². The first kappa shape index (κ1) is 23.5. The third-order valence-electron chi connectivity index (χ3n) is 5.77. The van der Waals surface area contributed by atoms with Gasteiger partial charge in [0.2, 0.25) is 11.8 Å². The Morgan fingerprint density at radius 1 is 0.909 bits per heavy atom. The second-order valence-electron chi connectivity index (χ2n) is 8.48. The third kappa shape index (κ3) is 6.47. The zero-order valence-corrected chi connectivity index (χ0v) is 19.6. The van der Waals surface area contributed by atoms with Crippen LogP contribution in [-0.2, 0) is 9.59 Å². The van der Waals surface area contributed by atoms with Gasteiger partial charge in [-0.15, -0.1) is 0 Å². The van der Waals surface area contributed by atoms with Crippen LogP contribution in [0, 0.1) is 0 Å². The molecule has 174 valence electrons. The zero-order chi connectivity index (χ0) is 23.4. The molecule has 0 bridgehead atoms. The third-order valence-corrected chi connectivity index (χ3v) is 6.51. The van der Waals surface area contributed by atoms with Gasteiger partial charge in [-0.25, -0.2) is 0 Å².